The van der Waals surface area contributed by atoms with Crippen molar-refractivity contribution in [2.24, 2.45) is 11.8 Å². The summed E-state index contributed by atoms with van der Waals surface area (Å²) in [6, 6.07) is 21.6. The average molecular weight is 435 g/mol. The fourth-order valence-corrected chi connectivity index (χ4v) is 4.52. The summed E-state index contributed by atoms with van der Waals surface area (Å²) in [5.41, 5.74) is 4.20. The summed E-state index contributed by atoms with van der Waals surface area (Å²) < 4.78 is 34.5. The molecule has 0 atom stereocenters. The Morgan fingerprint density at radius 1 is 0.781 bits per heavy atom. The van der Waals surface area contributed by atoms with Crippen LogP contribution in [0.1, 0.15) is 55.7 Å². The van der Waals surface area contributed by atoms with Crippen molar-refractivity contribution in [3.8, 4) is 16.9 Å². The second-order valence-corrected chi connectivity index (χ2v) is 9.37. The maximum atomic E-state index is 14.7. The standard InChI is InChI=1S/C29H32F2O/c1-21-3-7-23(8-4-21)9-10-24-11-17-27(18-12-24)29(30,31)32-28-19-15-26(16-20-28)25-13-5-22(2)6-14-25/h5-6,11-21,23H,3-4,7-10H2,1-2H3. The maximum absolute atomic E-state index is 14.7. The van der Waals surface area contributed by atoms with Gasteiger partial charge in [0.05, 0.1) is 5.56 Å². The van der Waals surface area contributed by atoms with Crippen LogP contribution >= 0.6 is 0 Å². The first-order valence-corrected chi connectivity index (χ1v) is 11.7. The predicted octanol–water partition coefficient (Wildman–Crippen LogP) is 8.55. The van der Waals surface area contributed by atoms with Crippen LogP contribution in [0.3, 0.4) is 0 Å². The highest BCUT2D eigenvalue weighted by molar-refractivity contribution is 5.64. The molecular formula is C29H32F2O. The lowest BCUT2D eigenvalue weighted by Crippen LogP contribution is -2.21. The van der Waals surface area contributed by atoms with Gasteiger partial charge < -0.3 is 4.74 Å². The van der Waals surface area contributed by atoms with E-state index in [0.29, 0.717) is 0 Å². The van der Waals surface area contributed by atoms with Crippen molar-refractivity contribution >= 4 is 0 Å². The minimum atomic E-state index is -3.37. The number of hydrogen-bond acceptors (Lipinski definition) is 1. The third kappa shape index (κ3) is 5.76. The topological polar surface area (TPSA) is 9.23 Å². The SMILES string of the molecule is Cc1ccc(-c2ccc(OC(F)(F)c3ccc(CCC4CCC(C)CC4)cc3)cc2)cc1. The van der Waals surface area contributed by atoms with E-state index in [1.807, 2.05) is 55.5 Å². The lowest BCUT2D eigenvalue weighted by atomic mass is 9.80. The highest BCUT2D eigenvalue weighted by Crippen LogP contribution is 2.34. The maximum Gasteiger partial charge on any atom is 0.426 e. The molecule has 168 valence electrons. The molecule has 1 fully saturated rings. The smallest absolute Gasteiger partial charge is 0.426 e. The third-order valence-electron chi connectivity index (χ3n) is 6.75. The van der Waals surface area contributed by atoms with Crippen LogP contribution in [-0.2, 0) is 12.5 Å². The minimum Gasteiger partial charge on any atom is -0.429 e. The van der Waals surface area contributed by atoms with Crippen LogP contribution in [-0.4, -0.2) is 0 Å². The zero-order chi connectivity index (χ0) is 22.6. The largest absolute Gasteiger partial charge is 0.429 e. The van der Waals surface area contributed by atoms with Gasteiger partial charge in [0, 0.05) is 0 Å². The zero-order valence-electron chi connectivity index (χ0n) is 19.0. The van der Waals surface area contributed by atoms with Crippen LogP contribution in [0.4, 0.5) is 8.78 Å². The van der Waals surface area contributed by atoms with Crippen LogP contribution in [0.2, 0.25) is 0 Å². The van der Waals surface area contributed by atoms with Crippen molar-refractivity contribution in [1.82, 2.24) is 0 Å². The Kier molecular flexibility index (Phi) is 6.93. The molecule has 4 rings (SSSR count). The molecule has 3 heteroatoms. The lowest BCUT2D eigenvalue weighted by molar-refractivity contribution is -0.185. The van der Waals surface area contributed by atoms with Crippen LogP contribution in [0, 0.1) is 18.8 Å². The molecule has 3 aromatic carbocycles. The first-order valence-electron chi connectivity index (χ1n) is 11.7. The number of benzene rings is 3. The Labute approximate surface area is 190 Å². The molecule has 0 heterocycles. The van der Waals surface area contributed by atoms with Gasteiger partial charge in [-0.05, 0) is 72.6 Å². The van der Waals surface area contributed by atoms with Gasteiger partial charge in [-0.1, -0.05) is 86.7 Å². The molecule has 32 heavy (non-hydrogen) atoms. The van der Waals surface area contributed by atoms with E-state index in [2.05, 4.69) is 6.92 Å². The Hall–Kier alpha value is -2.68. The van der Waals surface area contributed by atoms with Gasteiger partial charge >= 0.3 is 6.11 Å². The van der Waals surface area contributed by atoms with Crippen molar-refractivity contribution in [2.45, 2.75) is 58.5 Å². The molecule has 1 aliphatic rings. The molecule has 0 aromatic heterocycles. The molecule has 0 N–H and O–H groups in total. The summed E-state index contributed by atoms with van der Waals surface area (Å²) in [5, 5.41) is 0. The number of aryl methyl sites for hydroxylation is 2. The van der Waals surface area contributed by atoms with Gasteiger partial charge in [0.2, 0.25) is 0 Å². The van der Waals surface area contributed by atoms with E-state index in [9.17, 15) is 8.78 Å². The summed E-state index contributed by atoms with van der Waals surface area (Å²) in [4.78, 5) is 0. The average Bonchev–Trinajstić information content (AvgIpc) is 2.80. The van der Waals surface area contributed by atoms with E-state index in [0.717, 1.165) is 41.4 Å². The molecule has 1 saturated carbocycles. The van der Waals surface area contributed by atoms with Gasteiger partial charge in [0.15, 0.2) is 0 Å². The van der Waals surface area contributed by atoms with E-state index in [-0.39, 0.29) is 11.3 Å². The van der Waals surface area contributed by atoms with Crippen LogP contribution in [0.15, 0.2) is 72.8 Å². The number of halogens is 2. The molecule has 3 aromatic rings. The third-order valence-corrected chi connectivity index (χ3v) is 6.75. The lowest BCUT2D eigenvalue weighted by Gasteiger charge is -2.26. The molecule has 0 saturated heterocycles. The van der Waals surface area contributed by atoms with Gasteiger partial charge in [0.1, 0.15) is 5.75 Å². The van der Waals surface area contributed by atoms with E-state index in [1.54, 1.807) is 12.1 Å². The first kappa shape index (κ1) is 22.5. The van der Waals surface area contributed by atoms with Crippen LogP contribution in [0.5, 0.6) is 5.75 Å². The monoisotopic (exact) mass is 434 g/mol. The molecule has 1 aliphatic carbocycles. The molecular weight excluding hydrogens is 402 g/mol. The molecule has 0 aliphatic heterocycles. The quantitative estimate of drug-likeness (QED) is 0.362. The van der Waals surface area contributed by atoms with Crippen LogP contribution < -0.4 is 4.74 Å². The van der Waals surface area contributed by atoms with Gasteiger partial charge in [-0.2, -0.15) is 8.78 Å². The van der Waals surface area contributed by atoms with Crippen molar-refractivity contribution < 1.29 is 13.5 Å². The Morgan fingerprint density at radius 3 is 1.94 bits per heavy atom. The Morgan fingerprint density at radius 2 is 1.34 bits per heavy atom. The van der Waals surface area contributed by atoms with Crippen molar-refractivity contribution in [2.75, 3.05) is 0 Å². The Bertz CT molecular complexity index is 983. The highest BCUT2D eigenvalue weighted by atomic mass is 19.3. The highest BCUT2D eigenvalue weighted by Gasteiger charge is 2.34. The van der Waals surface area contributed by atoms with E-state index >= 15 is 0 Å². The minimum absolute atomic E-state index is 0.115. The predicted molar refractivity (Wildman–Crippen MR) is 127 cm³/mol. The number of rotatable bonds is 7. The summed E-state index contributed by atoms with van der Waals surface area (Å²) in [7, 11) is 0. The van der Waals surface area contributed by atoms with E-state index in [1.165, 1.54) is 43.4 Å². The summed E-state index contributed by atoms with van der Waals surface area (Å²) >= 11 is 0. The number of alkyl halides is 2. The van der Waals surface area contributed by atoms with Gasteiger partial charge in [-0.25, -0.2) is 0 Å². The summed E-state index contributed by atoms with van der Waals surface area (Å²) in [6.07, 6.45) is 3.96. The molecule has 1 nitrogen and oxygen atoms in total. The fourth-order valence-electron chi connectivity index (χ4n) is 4.52. The van der Waals surface area contributed by atoms with E-state index < -0.39 is 6.11 Å². The van der Waals surface area contributed by atoms with Crippen molar-refractivity contribution in [3.05, 3.63) is 89.5 Å². The molecule has 0 radical (unpaired) electrons. The van der Waals surface area contributed by atoms with E-state index in [4.69, 9.17) is 4.74 Å². The van der Waals surface area contributed by atoms with Gasteiger partial charge in [0.25, 0.3) is 0 Å². The first-order chi connectivity index (χ1) is 15.4. The summed E-state index contributed by atoms with van der Waals surface area (Å²) in [6.45, 7) is 4.36. The summed E-state index contributed by atoms with van der Waals surface area (Å²) in [5.74, 6) is 1.78. The molecule has 0 unspecified atom stereocenters. The molecule has 0 amide bonds. The van der Waals surface area contributed by atoms with Crippen LogP contribution in [0.25, 0.3) is 11.1 Å². The second-order valence-electron chi connectivity index (χ2n) is 9.37. The van der Waals surface area contributed by atoms with Crippen molar-refractivity contribution in [1.29, 1.82) is 0 Å². The Balaban J connectivity index is 1.35. The second kappa shape index (κ2) is 9.85. The normalized spacial score (nSPS) is 19.0. The number of hydrogen-bond donors (Lipinski definition) is 0. The van der Waals surface area contributed by atoms with Gasteiger partial charge in [-0.3, -0.25) is 0 Å². The number of ether oxygens (including phenoxy) is 1. The molecule has 0 bridgehead atoms. The van der Waals surface area contributed by atoms with Gasteiger partial charge in [-0.15, -0.1) is 0 Å². The molecule has 0 spiro atoms. The zero-order valence-corrected chi connectivity index (χ0v) is 19.0. The van der Waals surface area contributed by atoms with Crippen molar-refractivity contribution in [3.63, 3.8) is 0 Å². The fraction of sp³-hybridized carbons (Fsp3) is 0.379.